The Labute approximate surface area is 225 Å². The number of fused-ring (bicyclic) bond motifs is 10. The maximum atomic E-state index is 9.15. The van der Waals surface area contributed by atoms with Gasteiger partial charge in [-0.15, -0.1) is 0 Å². The van der Waals surface area contributed by atoms with Crippen molar-refractivity contribution in [3.8, 4) is 22.9 Å². The monoisotopic (exact) mass is 494 g/mol. The van der Waals surface area contributed by atoms with Crippen LogP contribution in [-0.2, 0) is 0 Å². The van der Waals surface area contributed by atoms with E-state index in [1.54, 1.807) is 0 Å². The molecule has 0 unspecified atom stereocenters. The first-order valence-electron chi connectivity index (χ1n) is 13.2. The van der Waals surface area contributed by atoms with Crippen molar-refractivity contribution in [3.05, 3.63) is 139 Å². The Morgan fingerprint density at radius 2 is 1.08 bits per heavy atom. The highest BCUT2D eigenvalue weighted by Crippen LogP contribution is 2.44. The first kappa shape index (κ1) is 21.7. The molecule has 0 amide bonds. The normalized spacial score (nSPS) is 11.6. The van der Waals surface area contributed by atoms with Gasteiger partial charge in [-0.3, -0.25) is 0 Å². The van der Waals surface area contributed by atoms with Crippen LogP contribution in [0.4, 0.5) is 0 Å². The zero-order chi connectivity index (χ0) is 25.9. The molecule has 1 aromatic heterocycles. The summed E-state index contributed by atoms with van der Waals surface area (Å²) in [6, 6.07) is 49.6. The highest BCUT2D eigenvalue weighted by Gasteiger charge is 2.19. The van der Waals surface area contributed by atoms with Crippen molar-refractivity contribution in [2.24, 2.45) is 0 Å². The Kier molecular flexibility index (Phi) is 4.62. The summed E-state index contributed by atoms with van der Waals surface area (Å²) >= 11 is 0. The van der Waals surface area contributed by atoms with Gasteiger partial charge >= 0.3 is 0 Å². The number of hydrogen-bond acceptors (Lipinski definition) is 1. The van der Waals surface area contributed by atoms with E-state index in [1.165, 1.54) is 54.1 Å². The molecule has 8 rings (SSSR count). The van der Waals surface area contributed by atoms with Gasteiger partial charge in [0.25, 0.3) is 0 Å². The van der Waals surface area contributed by atoms with Crippen molar-refractivity contribution in [3.63, 3.8) is 0 Å². The van der Waals surface area contributed by atoms with E-state index in [9.17, 15) is 0 Å². The Balaban J connectivity index is 1.48. The third kappa shape index (κ3) is 3.14. The predicted octanol–water partition coefficient (Wildman–Crippen LogP) is 9.78. The lowest BCUT2D eigenvalue weighted by Crippen LogP contribution is -1.95. The van der Waals surface area contributed by atoms with E-state index in [-0.39, 0.29) is 0 Å². The Morgan fingerprint density at radius 3 is 1.82 bits per heavy atom. The number of nitriles is 1. The fourth-order valence-corrected chi connectivity index (χ4v) is 6.25. The molecule has 8 aromatic rings. The van der Waals surface area contributed by atoms with Gasteiger partial charge in [0.15, 0.2) is 0 Å². The van der Waals surface area contributed by atoms with Crippen molar-refractivity contribution < 1.29 is 0 Å². The van der Waals surface area contributed by atoms with E-state index >= 15 is 0 Å². The minimum Gasteiger partial charge on any atom is -0.309 e. The van der Waals surface area contributed by atoms with Gasteiger partial charge < -0.3 is 4.57 Å². The quantitative estimate of drug-likeness (QED) is 0.220. The molecule has 0 saturated heterocycles. The third-order valence-electron chi connectivity index (χ3n) is 8.00. The molecule has 1 heterocycles. The van der Waals surface area contributed by atoms with Crippen LogP contribution >= 0.6 is 0 Å². The second kappa shape index (κ2) is 8.31. The third-order valence-corrected chi connectivity index (χ3v) is 8.00. The lowest BCUT2D eigenvalue weighted by Gasteiger charge is -2.14. The van der Waals surface area contributed by atoms with Crippen LogP contribution in [0.15, 0.2) is 133 Å². The summed E-state index contributed by atoms with van der Waals surface area (Å²) in [4.78, 5) is 0. The van der Waals surface area contributed by atoms with Crippen LogP contribution in [-0.4, -0.2) is 4.57 Å². The smallest absolute Gasteiger partial charge is 0.0991 e. The summed E-state index contributed by atoms with van der Waals surface area (Å²) in [6.45, 7) is 0. The van der Waals surface area contributed by atoms with Crippen molar-refractivity contribution in [1.82, 2.24) is 4.57 Å². The van der Waals surface area contributed by atoms with Gasteiger partial charge in [-0.05, 0) is 68.4 Å². The molecule has 2 heteroatoms. The molecule has 0 saturated carbocycles. The Hall–Kier alpha value is -5.39. The van der Waals surface area contributed by atoms with Gasteiger partial charge in [-0.25, -0.2) is 0 Å². The van der Waals surface area contributed by atoms with Crippen LogP contribution in [0.25, 0.3) is 70.9 Å². The highest BCUT2D eigenvalue weighted by molar-refractivity contribution is 6.36. The minimum absolute atomic E-state index is 0.674. The van der Waals surface area contributed by atoms with E-state index in [0.717, 1.165) is 16.8 Å². The lowest BCUT2D eigenvalue weighted by molar-refractivity contribution is 1.19. The van der Waals surface area contributed by atoms with Crippen molar-refractivity contribution in [2.75, 3.05) is 0 Å². The van der Waals surface area contributed by atoms with Gasteiger partial charge in [0.2, 0.25) is 0 Å². The molecule has 0 N–H and O–H groups in total. The zero-order valence-corrected chi connectivity index (χ0v) is 21.1. The zero-order valence-electron chi connectivity index (χ0n) is 21.1. The van der Waals surface area contributed by atoms with E-state index in [0.29, 0.717) is 5.56 Å². The SMILES string of the molecule is N#Cc1ccc(-c2ccc(-n3c4ccccc4c4c5ccc6ccccc6c5c5ccccc5c43)cc2)cc1. The largest absolute Gasteiger partial charge is 0.309 e. The van der Waals surface area contributed by atoms with Gasteiger partial charge in [0.05, 0.1) is 22.7 Å². The van der Waals surface area contributed by atoms with Gasteiger partial charge in [-0.2, -0.15) is 5.26 Å². The summed E-state index contributed by atoms with van der Waals surface area (Å²) in [5.41, 5.74) is 6.47. The molecule has 0 bridgehead atoms. The molecule has 0 aliphatic heterocycles. The van der Waals surface area contributed by atoms with Crippen LogP contribution in [0.1, 0.15) is 5.56 Å². The second-order valence-corrected chi connectivity index (χ2v) is 10.1. The molecule has 2 nitrogen and oxygen atoms in total. The summed E-state index contributed by atoms with van der Waals surface area (Å²) in [5.74, 6) is 0. The van der Waals surface area contributed by atoms with Gasteiger partial charge in [-0.1, -0.05) is 103 Å². The van der Waals surface area contributed by atoms with Crippen LogP contribution in [0.5, 0.6) is 0 Å². The molecule has 39 heavy (non-hydrogen) atoms. The molecule has 0 aliphatic rings. The van der Waals surface area contributed by atoms with Crippen molar-refractivity contribution in [1.29, 1.82) is 5.26 Å². The number of benzene rings is 7. The molecular formula is C37H22N2. The first-order valence-corrected chi connectivity index (χ1v) is 13.2. The number of nitrogens with zero attached hydrogens (tertiary/aromatic N) is 2. The number of aromatic nitrogens is 1. The van der Waals surface area contributed by atoms with Gasteiger partial charge in [0.1, 0.15) is 0 Å². The van der Waals surface area contributed by atoms with Crippen LogP contribution < -0.4 is 0 Å². The molecule has 0 atom stereocenters. The van der Waals surface area contributed by atoms with Crippen LogP contribution in [0.3, 0.4) is 0 Å². The highest BCUT2D eigenvalue weighted by atomic mass is 15.0. The number of para-hydroxylation sites is 1. The minimum atomic E-state index is 0.674. The molecule has 0 aliphatic carbocycles. The molecule has 7 aromatic carbocycles. The topological polar surface area (TPSA) is 28.7 Å². The summed E-state index contributed by atoms with van der Waals surface area (Å²) in [7, 11) is 0. The average molecular weight is 495 g/mol. The Morgan fingerprint density at radius 1 is 0.462 bits per heavy atom. The van der Waals surface area contributed by atoms with Crippen molar-refractivity contribution in [2.45, 2.75) is 0 Å². The average Bonchev–Trinajstić information content (AvgIpc) is 3.36. The van der Waals surface area contributed by atoms with E-state index < -0.39 is 0 Å². The van der Waals surface area contributed by atoms with E-state index in [4.69, 9.17) is 5.26 Å². The van der Waals surface area contributed by atoms with Crippen LogP contribution in [0, 0.1) is 11.3 Å². The fourth-order valence-electron chi connectivity index (χ4n) is 6.25. The molecule has 180 valence electrons. The summed E-state index contributed by atoms with van der Waals surface area (Å²) in [6.07, 6.45) is 0. The maximum absolute atomic E-state index is 9.15. The van der Waals surface area contributed by atoms with E-state index in [2.05, 4.69) is 120 Å². The van der Waals surface area contributed by atoms with Crippen molar-refractivity contribution >= 4 is 54.1 Å². The number of hydrogen-bond donors (Lipinski definition) is 0. The maximum Gasteiger partial charge on any atom is 0.0991 e. The standard InChI is InChI=1S/C37H22N2/c38-23-24-13-15-25(16-14-24)26-17-20-28(21-18-26)39-34-12-6-5-11-32(34)36-33-22-19-27-7-1-2-8-29(27)35(33)30-9-3-4-10-31(30)37(36)39/h1-22H. The molecular weight excluding hydrogens is 472 g/mol. The molecule has 0 radical (unpaired) electrons. The fraction of sp³-hybridized carbons (Fsp3) is 0. The molecule has 0 fully saturated rings. The Bertz CT molecular complexity index is 2260. The molecule has 0 spiro atoms. The predicted molar refractivity (Wildman–Crippen MR) is 163 cm³/mol. The van der Waals surface area contributed by atoms with Gasteiger partial charge in [0, 0.05) is 21.8 Å². The number of rotatable bonds is 2. The lowest BCUT2D eigenvalue weighted by atomic mass is 9.93. The van der Waals surface area contributed by atoms with E-state index in [1.807, 2.05) is 24.3 Å². The summed E-state index contributed by atoms with van der Waals surface area (Å²) < 4.78 is 2.42. The van der Waals surface area contributed by atoms with Crippen LogP contribution in [0.2, 0.25) is 0 Å². The first-order chi connectivity index (χ1) is 19.3. The summed E-state index contributed by atoms with van der Waals surface area (Å²) in [5, 5.41) is 19.4. The second-order valence-electron chi connectivity index (χ2n) is 10.1.